The molecule has 4 N–H and O–H groups in total. The number of nitrogens with zero attached hydrogens (tertiary/aromatic N) is 3. The highest BCUT2D eigenvalue weighted by molar-refractivity contribution is 6.19. The quantitative estimate of drug-likeness (QED) is 0.333. The predicted octanol–water partition coefficient (Wildman–Crippen LogP) is 3.04. The molecule has 2 heterocycles. The average molecular weight is 431 g/mol. The SMILES string of the molecule is C=C(OC(N)=NC1N=C(c2ccccc2)c2ccccc2NC1=O)c1ncc(O)cc1F. The van der Waals surface area contributed by atoms with E-state index in [-0.39, 0.29) is 17.2 Å². The van der Waals surface area contributed by atoms with Crippen molar-refractivity contribution in [3.8, 4) is 5.75 Å². The van der Waals surface area contributed by atoms with Gasteiger partial charge >= 0.3 is 0 Å². The number of fused-ring (bicyclic) bond motifs is 1. The smallest absolute Gasteiger partial charge is 0.290 e. The van der Waals surface area contributed by atoms with Gasteiger partial charge in [0.25, 0.3) is 11.9 Å². The Morgan fingerprint density at radius 3 is 2.66 bits per heavy atom. The van der Waals surface area contributed by atoms with Gasteiger partial charge < -0.3 is 20.9 Å². The molecule has 2 aromatic carbocycles. The maximum atomic E-state index is 14.0. The molecule has 1 unspecified atom stereocenters. The van der Waals surface area contributed by atoms with E-state index in [9.17, 15) is 14.3 Å². The number of benzodiazepines with no additional fused rings is 1. The van der Waals surface area contributed by atoms with Crippen LogP contribution in [0.2, 0.25) is 0 Å². The molecule has 9 heteroatoms. The number of para-hydroxylation sites is 1. The van der Waals surface area contributed by atoms with Gasteiger partial charge in [-0.3, -0.25) is 4.79 Å². The van der Waals surface area contributed by atoms with E-state index in [1.165, 1.54) is 0 Å². The van der Waals surface area contributed by atoms with Crippen LogP contribution in [0, 0.1) is 5.82 Å². The molecule has 160 valence electrons. The molecule has 1 atom stereocenters. The summed E-state index contributed by atoms with van der Waals surface area (Å²) in [5.41, 5.74) is 8.23. The molecule has 0 saturated carbocycles. The number of amidine groups is 1. The number of anilines is 1. The Hall–Kier alpha value is -4.53. The monoisotopic (exact) mass is 431 g/mol. The Labute approximate surface area is 182 Å². The number of rotatable bonds is 4. The van der Waals surface area contributed by atoms with E-state index in [0.29, 0.717) is 11.4 Å². The van der Waals surface area contributed by atoms with Crippen molar-refractivity contribution in [3.05, 3.63) is 96.1 Å². The zero-order valence-corrected chi connectivity index (χ0v) is 16.7. The second-order valence-electron chi connectivity index (χ2n) is 6.77. The molecule has 1 aliphatic rings. The summed E-state index contributed by atoms with van der Waals surface area (Å²) in [5, 5.41) is 12.1. The lowest BCUT2D eigenvalue weighted by atomic mass is 10.0. The third-order valence-electron chi connectivity index (χ3n) is 4.54. The van der Waals surface area contributed by atoms with Gasteiger partial charge in [-0.1, -0.05) is 55.1 Å². The van der Waals surface area contributed by atoms with E-state index < -0.39 is 23.9 Å². The topological polar surface area (TPSA) is 122 Å². The lowest BCUT2D eigenvalue weighted by Crippen LogP contribution is -2.28. The highest BCUT2D eigenvalue weighted by Gasteiger charge is 2.26. The number of pyridine rings is 1. The number of hydrogen-bond acceptors (Lipinski definition) is 6. The van der Waals surface area contributed by atoms with Crippen molar-refractivity contribution >= 4 is 29.1 Å². The summed E-state index contributed by atoms with van der Waals surface area (Å²) < 4.78 is 19.3. The number of benzene rings is 2. The number of carbonyl (C=O) groups excluding carboxylic acids is 1. The summed E-state index contributed by atoms with van der Waals surface area (Å²) in [6, 6.07) is 17.0. The Kier molecular flexibility index (Phi) is 5.63. The Bertz CT molecular complexity index is 1260. The molecule has 0 aliphatic carbocycles. The minimum absolute atomic E-state index is 0.242. The summed E-state index contributed by atoms with van der Waals surface area (Å²) in [5.74, 6) is -1.96. The van der Waals surface area contributed by atoms with Crippen LogP contribution in [0.25, 0.3) is 5.76 Å². The number of aromatic nitrogens is 1. The Balaban J connectivity index is 1.67. The third-order valence-corrected chi connectivity index (χ3v) is 4.54. The molecule has 0 spiro atoms. The number of ether oxygens (including phenoxy) is 1. The van der Waals surface area contributed by atoms with Crippen molar-refractivity contribution in [2.24, 2.45) is 15.7 Å². The van der Waals surface area contributed by atoms with E-state index in [0.717, 1.165) is 23.4 Å². The number of aliphatic imine (C=N–C) groups is 2. The Morgan fingerprint density at radius 1 is 1.19 bits per heavy atom. The Morgan fingerprint density at radius 2 is 1.91 bits per heavy atom. The van der Waals surface area contributed by atoms with E-state index in [2.05, 4.69) is 26.9 Å². The molecule has 0 radical (unpaired) electrons. The van der Waals surface area contributed by atoms with Crippen molar-refractivity contribution in [1.82, 2.24) is 4.98 Å². The van der Waals surface area contributed by atoms with Gasteiger partial charge in [-0.25, -0.2) is 14.4 Å². The van der Waals surface area contributed by atoms with Gasteiger partial charge in [0.1, 0.15) is 11.4 Å². The summed E-state index contributed by atoms with van der Waals surface area (Å²) in [7, 11) is 0. The summed E-state index contributed by atoms with van der Waals surface area (Å²) >= 11 is 0. The fourth-order valence-corrected chi connectivity index (χ4v) is 3.11. The molecule has 0 fully saturated rings. The minimum Gasteiger partial charge on any atom is -0.506 e. The van der Waals surface area contributed by atoms with E-state index in [4.69, 9.17) is 10.5 Å². The first kappa shape index (κ1) is 20.7. The van der Waals surface area contributed by atoms with Crippen LogP contribution in [0.15, 0.2) is 83.4 Å². The van der Waals surface area contributed by atoms with Crippen molar-refractivity contribution < 1.29 is 19.0 Å². The number of aromatic hydroxyl groups is 1. The van der Waals surface area contributed by atoms with E-state index in [1.807, 2.05) is 42.5 Å². The van der Waals surface area contributed by atoms with Crippen LogP contribution in [0.3, 0.4) is 0 Å². The van der Waals surface area contributed by atoms with Crippen LogP contribution in [0.4, 0.5) is 10.1 Å². The van der Waals surface area contributed by atoms with E-state index in [1.54, 1.807) is 12.1 Å². The molecule has 1 aliphatic heterocycles. The van der Waals surface area contributed by atoms with Crippen LogP contribution in [-0.4, -0.2) is 33.9 Å². The fourth-order valence-electron chi connectivity index (χ4n) is 3.11. The molecule has 4 rings (SSSR count). The summed E-state index contributed by atoms with van der Waals surface area (Å²) in [6.45, 7) is 3.58. The largest absolute Gasteiger partial charge is 0.506 e. The zero-order chi connectivity index (χ0) is 22.7. The summed E-state index contributed by atoms with van der Waals surface area (Å²) in [4.78, 5) is 25.1. The molecule has 1 aromatic heterocycles. The van der Waals surface area contributed by atoms with Gasteiger partial charge in [-0.15, -0.1) is 0 Å². The highest BCUT2D eigenvalue weighted by Crippen LogP contribution is 2.25. The molecule has 3 aromatic rings. The van der Waals surface area contributed by atoms with Gasteiger partial charge in [-0.2, -0.15) is 4.99 Å². The van der Waals surface area contributed by atoms with Gasteiger partial charge in [0, 0.05) is 17.2 Å². The van der Waals surface area contributed by atoms with Gasteiger partial charge in [0.05, 0.1) is 17.6 Å². The highest BCUT2D eigenvalue weighted by atomic mass is 19.1. The summed E-state index contributed by atoms with van der Waals surface area (Å²) in [6.07, 6.45) is -0.227. The zero-order valence-electron chi connectivity index (χ0n) is 16.7. The van der Waals surface area contributed by atoms with Gasteiger partial charge in [0.15, 0.2) is 11.6 Å². The first-order valence-electron chi connectivity index (χ1n) is 9.51. The molecule has 32 heavy (non-hydrogen) atoms. The second kappa shape index (κ2) is 8.68. The fraction of sp³-hybridized carbons (Fsp3) is 0.0435. The van der Waals surface area contributed by atoms with Crippen LogP contribution in [-0.2, 0) is 9.53 Å². The normalized spacial score (nSPS) is 15.8. The lowest BCUT2D eigenvalue weighted by molar-refractivity contribution is -0.117. The van der Waals surface area contributed by atoms with Crippen molar-refractivity contribution in [1.29, 1.82) is 0 Å². The minimum atomic E-state index is -1.26. The van der Waals surface area contributed by atoms with E-state index >= 15 is 0 Å². The second-order valence-corrected chi connectivity index (χ2v) is 6.77. The van der Waals surface area contributed by atoms with Crippen LogP contribution in [0.1, 0.15) is 16.8 Å². The first-order chi connectivity index (χ1) is 15.4. The van der Waals surface area contributed by atoms with Gasteiger partial charge in [-0.05, 0) is 6.07 Å². The number of nitrogens with two attached hydrogens (primary N) is 1. The average Bonchev–Trinajstić information content (AvgIpc) is 2.90. The van der Waals surface area contributed by atoms with Crippen LogP contribution < -0.4 is 11.1 Å². The molecule has 0 saturated heterocycles. The molecular formula is C23H18FN5O3. The maximum absolute atomic E-state index is 14.0. The third kappa shape index (κ3) is 4.31. The molecule has 0 bridgehead atoms. The maximum Gasteiger partial charge on any atom is 0.290 e. The molecule has 8 nitrogen and oxygen atoms in total. The number of hydrogen-bond donors (Lipinski definition) is 3. The standard InChI is InChI=1S/C23H18FN5O3/c1-13(19-17(24)11-15(30)12-26-19)32-23(25)29-21-22(31)27-18-10-6-5-9-16(18)20(28-21)14-7-3-2-4-8-14/h2-12,21,30H,1H2,(H2,25,29)(H,27,31). The first-order valence-corrected chi connectivity index (χ1v) is 9.51. The molecular weight excluding hydrogens is 413 g/mol. The van der Waals surface area contributed by atoms with Crippen molar-refractivity contribution in [2.45, 2.75) is 6.17 Å². The van der Waals surface area contributed by atoms with Crippen LogP contribution >= 0.6 is 0 Å². The van der Waals surface area contributed by atoms with Crippen molar-refractivity contribution in [3.63, 3.8) is 0 Å². The van der Waals surface area contributed by atoms with Crippen LogP contribution in [0.5, 0.6) is 5.75 Å². The van der Waals surface area contributed by atoms with Gasteiger partial charge in [0.2, 0.25) is 6.17 Å². The lowest BCUT2D eigenvalue weighted by Gasteiger charge is -2.11. The van der Waals surface area contributed by atoms with Crippen molar-refractivity contribution in [2.75, 3.05) is 5.32 Å². The number of carbonyl (C=O) groups is 1. The molecule has 1 amide bonds. The number of amides is 1. The predicted molar refractivity (Wildman–Crippen MR) is 119 cm³/mol. The number of nitrogens with one attached hydrogen (secondary N) is 1. The number of halogens is 1.